The molecule has 10 nitrogen and oxygen atoms in total. The number of aromatic nitrogens is 1. The molecular formula is C24H27ClN4O6S2. The maximum absolute atomic E-state index is 13.8. The van der Waals surface area contributed by atoms with Gasteiger partial charge < -0.3 is 24.4 Å². The van der Waals surface area contributed by atoms with Crippen LogP contribution in [0.2, 0.25) is 5.02 Å². The van der Waals surface area contributed by atoms with Crippen LogP contribution in [0, 0.1) is 0 Å². The van der Waals surface area contributed by atoms with E-state index >= 15 is 0 Å². The average Bonchev–Trinajstić information content (AvgIpc) is 3.59. The molecule has 0 unspecified atom stereocenters. The van der Waals surface area contributed by atoms with E-state index in [1.165, 1.54) is 39.8 Å². The third kappa shape index (κ3) is 5.55. The molecule has 0 saturated carbocycles. The van der Waals surface area contributed by atoms with Crippen molar-refractivity contribution in [3.63, 3.8) is 0 Å². The van der Waals surface area contributed by atoms with E-state index < -0.39 is 16.1 Å². The van der Waals surface area contributed by atoms with Crippen molar-refractivity contribution in [3.05, 3.63) is 58.6 Å². The Labute approximate surface area is 224 Å². The Kier molecular flexibility index (Phi) is 8.00. The summed E-state index contributed by atoms with van der Waals surface area (Å²) < 4.78 is 39.6. The second-order valence-corrected chi connectivity index (χ2v) is 11.5. The molecule has 1 aliphatic rings. The van der Waals surface area contributed by atoms with Gasteiger partial charge >= 0.3 is 6.09 Å². The summed E-state index contributed by atoms with van der Waals surface area (Å²) in [6.07, 6.45) is 1.24. The van der Waals surface area contributed by atoms with Gasteiger partial charge in [0, 0.05) is 49.4 Å². The van der Waals surface area contributed by atoms with Gasteiger partial charge in [0.2, 0.25) is 0 Å². The maximum atomic E-state index is 13.8. The Morgan fingerprint density at radius 1 is 1.24 bits per heavy atom. The molecule has 0 spiro atoms. The molecule has 1 atom stereocenters. The third-order valence-electron chi connectivity index (χ3n) is 6.31. The number of rotatable bonds is 9. The summed E-state index contributed by atoms with van der Waals surface area (Å²) in [7, 11) is 0.813. The molecule has 198 valence electrons. The molecule has 2 heterocycles. The highest BCUT2D eigenvalue weighted by molar-refractivity contribution is 7.93. The van der Waals surface area contributed by atoms with Crippen LogP contribution in [0.15, 0.2) is 52.9 Å². The Morgan fingerprint density at radius 3 is 2.62 bits per heavy atom. The third-order valence-corrected chi connectivity index (χ3v) is 9.25. The lowest BCUT2D eigenvalue weighted by atomic mass is 10.2. The summed E-state index contributed by atoms with van der Waals surface area (Å²) in [5, 5.41) is 11.5. The SMILES string of the molecule is COc1ccc(CN(c2nccs2)S(=O)(=O)c2ccc(N(C)[C@H]3CCN(C(=O)O)C3)c(Cl)c2)c(OC)c1. The molecule has 1 saturated heterocycles. The topological polar surface area (TPSA) is 113 Å². The molecule has 0 bridgehead atoms. The molecule has 4 rings (SSSR count). The van der Waals surface area contributed by atoms with Crippen LogP contribution >= 0.6 is 22.9 Å². The standard InChI is InChI=1S/C24H27ClN4O6S2/c1-27(17-8-10-28(15-17)24(30)31)21-7-6-19(13-20(21)25)37(32,33)29(23-26-9-11-36-23)14-16-4-5-18(34-2)12-22(16)35-3/h4-7,9,11-13,17H,8,10,14-15H2,1-3H3,(H,30,31)/t17-/m0/s1. The summed E-state index contributed by atoms with van der Waals surface area (Å²) >= 11 is 7.78. The predicted molar refractivity (Wildman–Crippen MR) is 143 cm³/mol. The van der Waals surface area contributed by atoms with E-state index in [0.717, 1.165) is 0 Å². The summed E-state index contributed by atoms with van der Waals surface area (Å²) in [6.45, 7) is 0.769. The van der Waals surface area contributed by atoms with E-state index in [0.29, 0.717) is 47.4 Å². The number of carbonyl (C=O) groups is 1. The lowest BCUT2D eigenvalue weighted by molar-refractivity contribution is 0.155. The zero-order valence-corrected chi connectivity index (χ0v) is 22.9. The number of likely N-dealkylation sites (N-methyl/N-ethyl adjacent to an activating group) is 1. The molecule has 1 fully saturated rings. The van der Waals surface area contributed by atoms with E-state index in [1.54, 1.807) is 43.0 Å². The van der Waals surface area contributed by atoms with Gasteiger partial charge in [-0.05, 0) is 36.8 Å². The van der Waals surface area contributed by atoms with E-state index in [-0.39, 0.29) is 22.5 Å². The van der Waals surface area contributed by atoms with Crippen molar-refractivity contribution in [2.24, 2.45) is 0 Å². The van der Waals surface area contributed by atoms with Crippen molar-refractivity contribution < 1.29 is 27.8 Å². The summed E-state index contributed by atoms with van der Waals surface area (Å²) in [4.78, 5) is 18.8. The molecular weight excluding hydrogens is 540 g/mol. The molecule has 1 N–H and O–H groups in total. The van der Waals surface area contributed by atoms with Gasteiger partial charge in [0.1, 0.15) is 11.5 Å². The first kappa shape index (κ1) is 26.8. The van der Waals surface area contributed by atoms with Crippen molar-refractivity contribution in [2.75, 3.05) is 43.6 Å². The van der Waals surface area contributed by atoms with Crippen LogP contribution in [0.4, 0.5) is 15.6 Å². The monoisotopic (exact) mass is 566 g/mol. The lowest BCUT2D eigenvalue weighted by Crippen LogP contribution is -2.36. The highest BCUT2D eigenvalue weighted by Crippen LogP contribution is 2.35. The van der Waals surface area contributed by atoms with Crippen LogP contribution in [0.25, 0.3) is 0 Å². The van der Waals surface area contributed by atoms with E-state index in [2.05, 4.69) is 4.98 Å². The van der Waals surface area contributed by atoms with Gasteiger partial charge in [-0.2, -0.15) is 0 Å². The van der Waals surface area contributed by atoms with Crippen LogP contribution in [0.3, 0.4) is 0 Å². The smallest absolute Gasteiger partial charge is 0.407 e. The molecule has 3 aromatic rings. The van der Waals surface area contributed by atoms with Crippen molar-refractivity contribution >= 4 is 49.9 Å². The lowest BCUT2D eigenvalue weighted by Gasteiger charge is -2.28. The van der Waals surface area contributed by atoms with Gasteiger partial charge in [-0.3, -0.25) is 0 Å². The van der Waals surface area contributed by atoms with Gasteiger partial charge in [0.15, 0.2) is 5.13 Å². The predicted octanol–water partition coefficient (Wildman–Crippen LogP) is 4.40. The molecule has 1 aliphatic heterocycles. The van der Waals surface area contributed by atoms with Crippen LogP contribution in [-0.4, -0.2) is 69.9 Å². The van der Waals surface area contributed by atoms with Crippen LogP contribution in [0.1, 0.15) is 12.0 Å². The number of likely N-dealkylation sites (tertiary alicyclic amines) is 1. The first-order chi connectivity index (χ1) is 17.6. The number of nitrogens with zero attached hydrogens (tertiary/aromatic N) is 4. The molecule has 0 aliphatic carbocycles. The fourth-order valence-corrected chi connectivity index (χ4v) is 6.89. The Hall–Kier alpha value is -3.22. The van der Waals surface area contributed by atoms with E-state index in [9.17, 15) is 18.3 Å². The average molecular weight is 567 g/mol. The van der Waals surface area contributed by atoms with Gasteiger partial charge in [-0.25, -0.2) is 22.5 Å². The van der Waals surface area contributed by atoms with Crippen LogP contribution < -0.4 is 18.7 Å². The van der Waals surface area contributed by atoms with Gasteiger partial charge in [-0.15, -0.1) is 11.3 Å². The summed E-state index contributed by atoms with van der Waals surface area (Å²) in [6, 6.07) is 9.68. The van der Waals surface area contributed by atoms with Crippen LogP contribution in [-0.2, 0) is 16.6 Å². The molecule has 1 amide bonds. The quantitative estimate of drug-likeness (QED) is 0.405. The number of anilines is 2. The zero-order chi connectivity index (χ0) is 26.7. The van der Waals surface area contributed by atoms with Gasteiger partial charge in [0.05, 0.1) is 36.4 Å². The number of ether oxygens (including phenoxy) is 2. The zero-order valence-electron chi connectivity index (χ0n) is 20.5. The van der Waals surface area contributed by atoms with Crippen molar-refractivity contribution in [3.8, 4) is 11.5 Å². The second-order valence-electron chi connectivity index (χ2n) is 8.40. The minimum Gasteiger partial charge on any atom is -0.497 e. The number of hydrogen-bond donors (Lipinski definition) is 1. The van der Waals surface area contributed by atoms with Gasteiger partial charge in [-0.1, -0.05) is 11.6 Å². The highest BCUT2D eigenvalue weighted by Gasteiger charge is 2.32. The maximum Gasteiger partial charge on any atom is 0.407 e. The van der Waals surface area contributed by atoms with Gasteiger partial charge in [0.25, 0.3) is 10.0 Å². The number of hydrogen-bond acceptors (Lipinski definition) is 8. The fraction of sp³-hybridized carbons (Fsp3) is 0.333. The van der Waals surface area contributed by atoms with E-state index in [1.807, 2.05) is 11.9 Å². The second kappa shape index (κ2) is 11.0. The summed E-state index contributed by atoms with van der Waals surface area (Å²) in [5.74, 6) is 1.07. The normalized spacial score (nSPS) is 15.5. The molecule has 1 aromatic heterocycles. The minimum absolute atomic E-state index is 0.0101. The first-order valence-corrected chi connectivity index (χ1v) is 14.0. The molecule has 13 heteroatoms. The van der Waals surface area contributed by atoms with E-state index in [4.69, 9.17) is 21.1 Å². The van der Waals surface area contributed by atoms with Crippen molar-refractivity contribution in [1.29, 1.82) is 0 Å². The number of methoxy groups -OCH3 is 2. The number of carboxylic acid groups (broad SMARTS) is 1. The minimum atomic E-state index is -4.06. The molecule has 37 heavy (non-hydrogen) atoms. The van der Waals surface area contributed by atoms with Crippen LogP contribution in [0.5, 0.6) is 11.5 Å². The number of benzene rings is 2. The Balaban J connectivity index is 1.65. The number of amides is 1. The number of thiazole rings is 1. The van der Waals surface area contributed by atoms with Crippen molar-refractivity contribution in [2.45, 2.75) is 23.9 Å². The highest BCUT2D eigenvalue weighted by atomic mass is 35.5. The summed E-state index contributed by atoms with van der Waals surface area (Å²) in [5.41, 5.74) is 1.25. The van der Waals surface area contributed by atoms with Crippen molar-refractivity contribution in [1.82, 2.24) is 9.88 Å². The molecule has 2 aromatic carbocycles. The number of sulfonamides is 1. The fourth-order valence-electron chi connectivity index (χ4n) is 4.22. The Bertz CT molecular complexity index is 1370. The number of halogens is 1. The largest absolute Gasteiger partial charge is 0.497 e. The first-order valence-electron chi connectivity index (χ1n) is 11.3. The Morgan fingerprint density at radius 2 is 2.03 bits per heavy atom. The molecule has 0 radical (unpaired) electrons.